The van der Waals surface area contributed by atoms with Crippen LogP contribution in [0.2, 0.25) is 0 Å². The maximum absolute atomic E-state index is 14.3. The van der Waals surface area contributed by atoms with E-state index in [9.17, 15) is 40.3 Å². The predicted octanol–water partition coefficient (Wildman–Crippen LogP) is 5.78. The quantitative estimate of drug-likeness (QED) is 0.220. The maximum Gasteiger partial charge on any atom is 0.459 e. The molecule has 0 bridgehead atoms. The molecule has 2 amide bonds. The molecule has 0 fully saturated rings. The van der Waals surface area contributed by atoms with Crippen molar-refractivity contribution in [3.63, 3.8) is 0 Å². The number of primary amides is 1. The molecule has 226 valence electrons. The van der Waals surface area contributed by atoms with E-state index in [0.717, 1.165) is 12.1 Å². The van der Waals surface area contributed by atoms with Crippen molar-refractivity contribution in [3.8, 4) is 11.1 Å². The van der Waals surface area contributed by atoms with Gasteiger partial charge in [-0.1, -0.05) is 0 Å². The van der Waals surface area contributed by atoms with Gasteiger partial charge in [0.05, 0.1) is 11.4 Å². The molecule has 0 spiro atoms. The summed E-state index contributed by atoms with van der Waals surface area (Å²) in [6, 6.07) is 2.44. The third kappa shape index (κ3) is 5.04. The number of alkyl halides is 7. The number of aryl methyl sites for hydroxylation is 3. The van der Waals surface area contributed by atoms with Crippen LogP contribution in [0, 0.1) is 13.8 Å². The summed E-state index contributed by atoms with van der Waals surface area (Å²) in [6.07, 6.45) is -7.40. The zero-order valence-electron chi connectivity index (χ0n) is 22.2. The third-order valence-electron chi connectivity index (χ3n) is 6.39. The Balaban J connectivity index is 1.69. The molecular weight excluding hydrogens is 609 g/mol. The number of halogens is 7. The lowest BCUT2D eigenvalue weighted by Crippen LogP contribution is -2.36. The molecule has 0 aliphatic rings. The first kappa shape index (κ1) is 29.9. The van der Waals surface area contributed by atoms with E-state index >= 15 is 0 Å². The minimum atomic E-state index is -5.97. The van der Waals surface area contributed by atoms with Crippen LogP contribution in [0.25, 0.3) is 27.0 Å². The number of amides is 2. The van der Waals surface area contributed by atoms with E-state index < -0.39 is 53.1 Å². The highest BCUT2D eigenvalue weighted by molar-refractivity contribution is 7.21. The number of nitrogens with two attached hydrogens (primary N) is 1. The molecule has 5 heterocycles. The Labute approximate surface area is 240 Å². The molecule has 0 atom stereocenters. The van der Waals surface area contributed by atoms with Crippen molar-refractivity contribution in [1.29, 1.82) is 0 Å². The number of hydrogen-bond acceptors (Lipinski definition) is 7. The molecule has 0 saturated carbocycles. The number of nitrogens with zero attached hydrogens (tertiary/aromatic N) is 6. The van der Waals surface area contributed by atoms with Gasteiger partial charge in [0.1, 0.15) is 21.1 Å². The van der Waals surface area contributed by atoms with Gasteiger partial charge in [0.25, 0.3) is 18.2 Å². The Morgan fingerprint density at radius 1 is 1.05 bits per heavy atom. The number of thiophene rings is 1. The molecule has 0 unspecified atom stereocenters. The smallest absolute Gasteiger partial charge is 0.365 e. The fourth-order valence-corrected chi connectivity index (χ4v) is 5.45. The number of fused-ring (bicyclic) bond motifs is 2. The average molecular weight is 629 g/mol. The van der Waals surface area contributed by atoms with E-state index in [4.69, 9.17) is 5.73 Å². The standard InChI is InChI=1S/C25H19F7N8O2S/c1-4-39-8-12(10(3)37-39)11-6-13(20(26)27)35-23-17(11)18(19(43-23)21(33)41)36-22(42)14-7-16-34-9(2)5-15(40(16)38-14)24(28,29)25(30,31)32/h5-8,20H,4H2,1-3H3,(H2,33,41)(H,36,42). The van der Waals surface area contributed by atoms with Gasteiger partial charge < -0.3 is 11.1 Å². The van der Waals surface area contributed by atoms with Crippen LogP contribution >= 0.6 is 11.3 Å². The van der Waals surface area contributed by atoms with E-state index in [-0.39, 0.29) is 36.6 Å². The van der Waals surface area contributed by atoms with Crippen LogP contribution in [-0.2, 0) is 12.5 Å². The molecule has 5 aromatic rings. The highest BCUT2D eigenvalue weighted by Crippen LogP contribution is 2.45. The van der Waals surface area contributed by atoms with Crippen molar-refractivity contribution in [2.24, 2.45) is 5.73 Å². The zero-order chi connectivity index (χ0) is 31.6. The van der Waals surface area contributed by atoms with Crippen molar-refractivity contribution in [3.05, 3.63) is 57.7 Å². The van der Waals surface area contributed by atoms with Gasteiger partial charge in [0.15, 0.2) is 11.3 Å². The summed E-state index contributed by atoms with van der Waals surface area (Å²) < 4.78 is 97.5. The minimum Gasteiger partial charge on any atom is -0.365 e. The van der Waals surface area contributed by atoms with Crippen molar-refractivity contribution < 1.29 is 40.3 Å². The Hall–Kier alpha value is -4.61. The molecule has 0 aliphatic heterocycles. The molecular formula is C25H19F7N8O2S. The fourth-order valence-electron chi connectivity index (χ4n) is 4.44. The van der Waals surface area contributed by atoms with Crippen LogP contribution in [0.1, 0.15) is 56.3 Å². The van der Waals surface area contributed by atoms with Gasteiger partial charge in [0, 0.05) is 35.5 Å². The molecule has 0 radical (unpaired) electrons. The van der Waals surface area contributed by atoms with Gasteiger partial charge in [-0.05, 0) is 38.5 Å². The largest absolute Gasteiger partial charge is 0.459 e. The van der Waals surface area contributed by atoms with E-state index in [0.29, 0.717) is 35.2 Å². The predicted molar refractivity (Wildman–Crippen MR) is 140 cm³/mol. The van der Waals surface area contributed by atoms with Crippen molar-refractivity contribution >= 4 is 44.7 Å². The average Bonchev–Trinajstić information content (AvgIpc) is 3.61. The van der Waals surface area contributed by atoms with Gasteiger partial charge >= 0.3 is 12.1 Å². The lowest BCUT2D eigenvalue weighted by Gasteiger charge is -2.20. The molecule has 0 saturated heterocycles. The summed E-state index contributed by atoms with van der Waals surface area (Å²) >= 11 is 0.620. The van der Waals surface area contributed by atoms with Gasteiger partial charge in [-0.25, -0.2) is 23.3 Å². The molecule has 10 nitrogen and oxygen atoms in total. The second kappa shape index (κ2) is 10.3. The molecule has 0 aromatic carbocycles. The normalized spacial score (nSPS) is 12.5. The Bertz CT molecular complexity index is 1930. The molecule has 3 N–H and O–H groups in total. The number of aromatic nitrogens is 6. The zero-order valence-corrected chi connectivity index (χ0v) is 23.0. The SMILES string of the molecule is CCn1cc(-c2cc(C(F)F)nc3sc(C(N)=O)c(NC(=O)c4cc5nc(C)cc(C(F)(F)C(F)(F)F)n5n4)c23)c(C)n1. The topological polar surface area (TPSA) is 133 Å². The summed E-state index contributed by atoms with van der Waals surface area (Å²) in [5.74, 6) is -7.54. The van der Waals surface area contributed by atoms with Crippen molar-refractivity contribution in [1.82, 2.24) is 29.4 Å². The highest BCUT2D eigenvalue weighted by atomic mass is 32.1. The van der Waals surface area contributed by atoms with E-state index in [1.54, 1.807) is 24.7 Å². The first-order chi connectivity index (χ1) is 20.0. The number of rotatable bonds is 7. The number of hydrogen-bond donors (Lipinski definition) is 2. The fraction of sp³-hybridized carbons (Fsp3) is 0.280. The van der Waals surface area contributed by atoms with Gasteiger partial charge in [-0.2, -0.15) is 32.1 Å². The van der Waals surface area contributed by atoms with E-state index in [2.05, 4.69) is 25.5 Å². The molecule has 5 aromatic heterocycles. The molecule has 5 rings (SSSR count). The Kier molecular flexibility index (Phi) is 7.14. The molecule has 43 heavy (non-hydrogen) atoms. The van der Waals surface area contributed by atoms with Crippen molar-refractivity contribution in [2.45, 2.75) is 45.8 Å². The number of anilines is 1. The second-order valence-electron chi connectivity index (χ2n) is 9.34. The monoisotopic (exact) mass is 628 g/mol. The van der Waals surface area contributed by atoms with Crippen LogP contribution in [0.3, 0.4) is 0 Å². The first-order valence-corrected chi connectivity index (χ1v) is 13.1. The van der Waals surface area contributed by atoms with Crippen LogP contribution < -0.4 is 11.1 Å². The Morgan fingerprint density at radius 3 is 2.33 bits per heavy atom. The number of nitrogens with one attached hydrogen (secondary N) is 1. The second-order valence-corrected chi connectivity index (χ2v) is 10.3. The lowest BCUT2D eigenvalue weighted by molar-refractivity contribution is -0.291. The summed E-state index contributed by atoms with van der Waals surface area (Å²) in [5.41, 5.74) is 2.71. The minimum absolute atomic E-state index is 0.0531. The Morgan fingerprint density at radius 2 is 1.74 bits per heavy atom. The summed E-state index contributed by atoms with van der Waals surface area (Å²) in [6.45, 7) is 5.04. The molecule has 18 heteroatoms. The van der Waals surface area contributed by atoms with Gasteiger partial charge in [-0.15, -0.1) is 11.3 Å². The maximum atomic E-state index is 14.3. The highest BCUT2D eigenvalue weighted by Gasteiger charge is 2.60. The summed E-state index contributed by atoms with van der Waals surface area (Å²) in [7, 11) is 0. The summed E-state index contributed by atoms with van der Waals surface area (Å²) in [5, 5.41) is 10.4. The van der Waals surface area contributed by atoms with Crippen LogP contribution in [0.15, 0.2) is 24.4 Å². The van der Waals surface area contributed by atoms with Crippen LogP contribution in [-0.4, -0.2) is 47.4 Å². The molecule has 0 aliphatic carbocycles. The third-order valence-corrected chi connectivity index (χ3v) is 7.49. The number of carbonyl (C=O) groups is 2. The number of pyridine rings is 1. The summed E-state index contributed by atoms with van der Waals surface area (Å²) in [4.78, 5) is 33.2. The van der Waals surface area contributed by atoms with Crippen molar-refractivity contribution in [2.75, 3.05) is 5.32 Å². The first-order valence-electron chi connectivity index (χ1n) is 12.3. The van der Waals surface area contributed by atoms with Gasteiger partial charge in [-0.3, -0.25) is 14.3 Å². The van der Waals surface area contributed by atoms with E-state index in [1.165, 1.54) is 6.92 Å². The van der Waals surface area contributed by atoms with Crippen LogP contribution in [0.5, 0.6) is 0 Å². The lowest BCUT2D eigenvalue weighted by atomic mass is 10.0. The number of carbonyl (C=O) groups excluding carboxylic acids is 2. The van der Waals surface area contributed by atoms with E-state index in [1.807, 2.05) is 0 Å². The van der Waals surface area contributed by atoms with Crippen LogP contribution in [0.4, 0.5) is 36.4 Å². The van der Waals surface area contributed by atoms with Gasteiger partial charge in [0.2, 0.25) is 0 Å².